The molecule has 0 heterocycles. The van der Waals surface area contributed by atoms with Gasteiger partial charge in [0.25, 0.3) is 0 Å². The molecule has 0 amide bonds. The predicted octanol–water partition coefficient (Wildman–Crippen LogP) is 4.47. The number of hydrogen-bond donors (Lipinski definition) is 0. The van der Waals surface area contributed by atoms with E-state index in [1.165, 1.54) is 0 Å². The van der Waals surface area contributed by atoms with Crippen molar-refractivity contribution in [2.24, 2.45) is 0 Å². The van der Waals surface area contributed by atoms with Gasteiger partial charge in [-0.05, 0) is 0 Å². The van der Waals surface area contributed by atoms with Crippen molar-refractivity contribution in [2.45, 2.75) is 91.4 Å². The average molecular weight is 358 g/mol. The minimum absolute atomic E-state index is 0.0120. The summed E-state index contributed by atoms with van der Waals surface area (Å²) >= 11 is -4.50. The topological polar surface area (TPSA) is 36.9 Å². The molecule has 0 radical (unpaired) electrons. The van der Waals surface area contributed by atoms with Gasteiger partial charge >= 0.3 is 122 Å². The van der Waals surface area contributed by atoms with Crippen molar-refractivity contribution >= 4 is 0 Å². The molecule has 118 valence electrons. The van der Waals surface area contributed by atoms with E-state index in [0.29, 0.717) is 4.64 Å². The van der Waals surface area contributed by atoms with E-state index in [-0.39, 0.29) is 24.4 Å². The first kappa shape index (κ1) is 19.6. The van der Waals surface area contributed by atoms with Crippen molar-refractivity contribution < 1.29 is 30.4 Å². The molecule has 0 saturated heterocycles. The summed E-state index contributed by atoms with van der Waals surface area (Å²) in [6.07, 6.45) is 0.0481. The minimum atomic E-state index is -4.50. The number of hydrogen-bond acceptors (Lipinski definition) is 4. The van der Waals surface area contributed by atoms with Crippen LogP contribution in [0.4, 0.5) is 0 Å². The summed E-state index contributed by atoms with van der Waals surface area (Å²) in [7, 11) is 0. The molecule has 4 nitrogen and oxygen atoms in total. The Kier molecular flexibility index (Phi) is 7.78. The summed E-state index contributed by atoms with van der Waals surface area (Å²) in [6.45, 7) is 18.0. The summed E-state index contributed by atoms with van der Waals surface area (Å²) in [5.74, 6) is 0. The van der Waals surface area contributed by atoms with Crippen LogP contribution in [0.25, 0.3) is 0 Å². The molecule has 0 aliphatic carbocycles. The fourth-order valence-electron chi connectivity index (χ4n) is 2.08. The van der Waals surface area contributed by atoms with Gasteiger partial charge in [-0.15, -0.1) is 0 Å². The zero-order valence-corrected chi connectivity index (χ0v) is 16.3. The molecule has 0 aromatic carbocycles. The van der Waals surface area contributed by atoms with Crippen molar-refractivity contribution in [2.75, 3.05) is 0 Å². The van der Waals surface area contributed by atoms with Crippen LogP contribution in [0.3, 0.4) is 0 Å². The first-order valence-electron chi connectivity index (χ1n) is 7.32. The molecule has 0 spiro atoms. The fourth-order valence-corrected chi connectivity index (χ4v) is 12.3. The molecular weight excluding hydrogens is 325 g/mol. The summed E-state index contributed by atoms with van der Waals surface area (Å²) < 4.78 is 25.6. The summed E-state index contributed by atoms with van der Waals surface area (Å²) in [5, 5.41) is 0. The SMILES string of the molecule is C[CH2][Nb]([O]C(C)C)([O]C(C)C)([O]C(C)C)[O]C(C)C. The molecule has 19 heavy (non-hydrogen) atoms. The van der Waals surface area contributed by atoms with Gasteiger partial charge in [-0.1, -0.05) is 0 Å². The van der Waals surface area contributed by atoms with E-state index in [1.54, 1.807) is 0 Å². The second-order valence-corrected chi connectivity index (χ2v) is 14.3. The molecule has 0 N–H and O–H groups in total. The van der Waals surface area contributed by atoms with E-state index in [1.807, 2.05) is 62.3 Å². The van der Waals surface area contributed by atoms with Gasteiger partial charge in [-0.2, -0.15) is 0 Å². The maximum atomic E-state index is 6.24. The van der Waals surface area contributed by atoms with Crippen LogP contribution in [-0.4, -0.2) is 24.4 Å². The summed E-state index contributed by atoms with van der Waals surface area (Å²) in [6, 6.07) is 0. The molecule has 0 atom stereocenters. The first-order valence-corrected chi connectivity index (χ1v) is 12.5. The van der Waals surface area contributed by atoms with Gasteiger partial charge in [-0.3, -0.25) is 0 Å². The van der Waals surface area contributed by atoms with Gasteiger partial charge in [0.1, 0.15) is 0 Å². The van der Waals surface area contributed by atoms with Gasteiger partial charge < -0.3 is 0 Å². The van der Waals surface area contributed by atoms with E-state index >= 15 is 0 Å². The molecule has 0 rings (SSSR count). The molecule has 0 unspecified atom stereocenters. The van der Waals surface area contributed by atoms with Gasteiger partial charge in [0.05, 0.1) is 0 Å². The van der Waals surface area contributed by atoms with Gasteiger partial charge in [0.2, 0.25) is 0 Å². The van der Waals surface area contributed by atoms with Crippen molar-refractivity contribution in [3.8, 4) is 0 Å². The fraction of sp³-hybridized carbons (Fsp3) is 1.00. The van der Waals surface area contributed by atoms with Crippen LogP contribution in [0, 0.1) is 0 Å². The van der Waals surface area contributed by atoms with Crippen molar-refractivity contribution in [1.29, 1.82) is 0 Å². The molecule has 0 saturated carbocycles. The molecule has 0 aliphatic rings. The van der Waals surface area contributed by atoms with Gasteiger partial charge in [0, 0.05) is 0 Å². The zero-order chi connectivity index (χ0) is 15.3. The third kappa shape index (κ3) is 6.25. The molecule has 0 fully saturated rings. The third-order valence-electron chi connectivity index (χ3n) is 2.17. The van der Waals surface area contributed by atoms with E-state index in [9.17, 15) is 0 Å². The van der Waals surface area contributed by atoms with Crippen molar-refractivity contribution in [1.82, 2.24) is 0 Å². The van der Waals surface area contributed by atoms with Crippen LogP contribution in [-0.2, 0) is 30.4 Å². The maximum absolute atomic E-state index is 6.24. The van der Waals surface area contributed by atoms with Crippen LogP contribution >= 0.6 is 0 Å². The average Bonchev–Trinajstić information content (AvgIpc) is 2.12. The second-order valence-electron chi connectivity index (χ2n) is 5.90. The predicted molar refractivity (Wildman–Crippen MR) is 75.4 cm³/mol. The van der Waals surface area contributed by atoms with E-state index in [2.05, 4.69) is 0 Å². The monoisotopic (exact) mass is 358 g/mol. The van der Waals surface area contributed by atoms with Gasteiger partial charge in [-0.25, -0.2) is 0 Å². The normalized spacial score (nSPS) is 15.5. The standard InChI is InChI=1S/4C3H7O.C2H5.Nb/c4*1-3(2)4;1-2;/h4*3H,1-2H3;1H2,2H3;/q4*-1;;+4. The Morgan fingerprint density at radius 3 is 0.895 bits per heavy atom. The Balaban J connectivity index is 5.62. The molecule has 0 bridgehead atoms. The summed E-state index contributed by atoms with van der Waals surface area (Å²) in [4.78, 5) is 0. The molecular formula is C14H33NbO4. The van der Waals surface area contributed by atoms with E-state index < -0.39 is 17.4 Å². The zero-order valence-electron chi connectivity index (χ0n) is 14.1. The summed E-state index contributed by atoms with van der Waals surface area (Å²) in [5.41, 5.74) is 0. The Labute approximate surface area is 122 Å². The van der Waals surface area contributed by atoms with E-state index in [4.69, 9.17) is 13.0 Å². The molecule has 0 aliphatic heterocycles. The van der Waals surface area contributed by atoms with Crippen LogP contribution in [0.5, 0.6) is 0 Å². The van der Waals surface area contributed by atoms with E-state index in [0.717, 1.165) is 0 Å². The van der Waals surface area contributed by atoms with Crippen LogP contribution in [0.2, 0.25) is 4.64 Å². The van der Waals surface area contributed by atoms with Crippen LogP contribution in [0.1, 0.15) is 62.3 Å². The van der Waals surface area contributed by atoms with Crippen molar-refractivity contribution in [3.05, 3.63) is 0 Å². The molecule has 0 aromatic heterocycles. The quantitative estimate of drug-likeness (QED) is 0.570. The van der Waals surface area contributed by atoms with Gasteiger partial charge in [0.15, 0.2) is 0 Å². The van der Waals surface area contributed by atoms with Crippen molar-refractivity contribution in [3.63, 3.8) is 0 Å². The number of rotatable bonds is 9. The Bertz CT molecular complexity index is 213. The first-order chi connectivity index (χ1) is 8.54. The van der Waals surface area contributed by atoms with Crippen LogP contribution < -0.4 is 0 Å². The second kappa shape index (κ2) is 7.55. The Morgan fingerprint density at radius 1 is 0.579 bits per heavy atom. The third-order valence-corrected chi connectivity index (χ3v) is 12.9. The Morgan fingerprint density at radius 2 is 0.789 bits per heavy atom. The Hall–Kier alpha value is 0.580. The molecule has 5 heteroatoms. The van der Waals surface area contributed by atoms with Crippen LogP contribution in [0.15, 0.2) is 0 Å². The molecule has 0 aromatic rings.